The van der Waals surface area contributed by atoms with Crippen LogP contribution in [0.2, 0.25) is 0 Å². The third-order valence-corrected chi connectivity index (χ3v) is 3.32. The van der Waals surface area contributed by atoms with Crippen LogP contribution in [-0.2, 0) is 9.47 Å². The summed E-state index contributed by atoms with van der Waals surface area (Å²) in [5.74, 6) is 0. The van der Waals surface area contributed by atoms with Gasteiger partial charge in [0.1, 0.15) is 0 Å². The van der Waals surface area contributed by atoms with Gasteiger partial charge in [0.25, 0.3) is 0 Å². The fraction of sp³-hybridized carbons (Fsp3) is 0.231. The van der Waals surface area contributed by atoms with E-state index in [1.807, 2.05) is 12.1 Å². The van der Waals surface area contributed by atoms with Crippen molar-refractivity contribution in [1.82, 2.24) is 0 Å². The van der Waals surface area contributed by atoms with Gasteiger partial charge in [-0.15, -0.1) is 0 Å². The van der Waals surface area contributed by atoms with Gasteiger partial charge in [-0.05, 0) is 34.0 Å². The first kappa shape index (κ1) is 10.0. The van der Waals surface area contributed by atoms with Crippen molar-refractivity contribution in [3.05, 3.63) is 46.7 Å². The van der Waals surface area contributed by atoms with Crippen molar-refractivity contribution in [2.45, 2.75) is 6.29 Å². The van der Waals surface area contributed by atoms with E-state index >= 15 is 0 Å². The van der Waals surface area contributed by atoms with Crippen molar-refractivity contribution in [3.8, 4) is 11.1 Å². The highest BCUT2D eigenvalue weighted by Crippen LogP contribution is 2.28. The second kappa shape index (κ2) is 4.37. The Morgan fingerprint density at radius 2 is 1.94 bits per heavy atom. The van der Waals surface area contributed by atoms with E-state index in [-0.39, 0.29) is 6.29 Å². The van der Waals surface area contributed by atoms with E-state index in [0.717, 1.165) is 5.56 Å². The molecule has 1 fully saturated rings. The van der Waals surface area contributed by atoms with Gasteiger partial charge in [0.05, 0.1) is 13.2 Å². The molecule has 0 saturated carbocycles. The molecule has 0 amide bonds. The van der Waals surface area contributed by atoms with E-state index < -0.39 is 0 Å². The summed E-state index contributed by atoms with van der Waals surface area (Å²) in [5.41, 5.74) is 3.57. The fourth-order valence-electron chi connectivity index (χ4n) is 1.84. The molecule has 0 spiro atoms. The largest absolute Gasteiger partial charge is 0.346 e. The third kappa shape index (κ3) is 1.89. The van der Waals surface area contributed by atoms with Gasteiger partial charge in [-0.1, -0.05) is 18.2 Å². The van der Waals surface area contributed by atoms with Gasteiger partial charge in [-0.25, -0.2) is 0 Å². The molecule has 0 bridgehead atoms. The lowest BCUT2D eigenvalue weighted by atomic mass is 10.1. The standard InChI is InChI=1S/C13H12O2S/c1-2-10(12-4-7-16-9-12)8-11(3-1)13-14-5-6-15-13/h1-4,7-9,13H,5-6H2. The van der Waals surface area contributed by atoms with Gasteiger partial charge in [0, 0.05) is 5.56 Å². The van der Waals surface area contributed by atoms with E-state index in [9.17, 15) is 0 Å². The van der Waals surface area contributed by atoms with Crippen molar-refractivity contribution < 1.29 is 9.47 Å². The van der Waals surface area contributed by atoms with E-state index in [2.05, 4.69) is 29.0 Å². The lowest BCUT2D eigenvalue weighted by Gasteiger charge is -2.10. The SMILES string of the molecule is c1cc(-c2ccsc2)cc(C2OCCO2)c1. The van der Waals surface area contributed by atoms with Crippen molar-refractivity contribution in [1.29, 1.82) is 0 Å². The average molecular weight is 232 g/mol. The van der Waals surface area contributed by atoms with Crippen molar-refractivity contribution >= 4 is 11.3 Å². The Labute approximate surface area is 98.4 Å². The molecule has 2 aromatic rings. The van der Waals surface area contributed by atoms with Crippen molar-refractivity contribution in [3.63, 3.8) is 0 Å². The molecule has 1 aromatic carbocycles. The molecule has 2 nitrogen and oxygen atoms in total. The molecule has 0 unspecified atom stereocenters. The van der Waals surface area contributed by atoms with E-state index in [0.29, 0.717) is 13.2 Å². The van der Waals surface area contributed by atoms with Crippen molar-refractivity contribution in [2.75, 3.05) is 13.2 Å². The summed E-state index contributed by atoms with van der Waals surface area (Å²) in [6.45, 7) is 1.38. The van der Waals surface area contributed by atoms with Gasteiger partial charge in [-0.3, -0.25) is 0 Å². The molecule has 1 aliphatic rings. The lowest BCUT2D eigenvalue weighted by Crippen LogP contribution is -1.97. The Balaban J connectivity index is 1.93. The van der Waals surface area contributed by atoms with Gasteiger partial charge in [0.15, 0.2) is 6.29 Å². The molecule has 0 radical (unpaired) electrons. The van der Waals surface area contributed by atoms with Crippen LogP contribution in [0, 0.1) is 0 Å². The van der Waals surface area contributed by atoms with Crippen LogP contribution in [0.5, 0.6) is 0 Å². The molecule has 0 atom stereocenters. The first-order chi connectivity index (χ1) is 7.93. The molecule has 0 N–H and O–H groups in total. The maximum Gasteiger partial charge on any atom is 0.184 e. The number of benzene rings is 1. The molecule has 1 aliphatic heterocycles. The number of hydrogen-bond donors (Lipinski definition) is 0. The van der Waals surface area contributed by atoms with Crippen LogP contribution in [0.4, 0.5) is 0 Å². The minimum absolute atomic E-state index is 0.182. The number of ether oxygens (including phenoxy) is 2. The van der Waals surface area contributed by atoms with Crippen LogP contribution in [0.3, 0.4) is 0 Å². The minimum Gasteiger partial charge on any atom is -0.346 e. The fourth-order valence-corrected chi connectivity index (χ4v) is 2.51. The molecular formula is C13H12O2S. The minimum atomic E-state index is -0.182. The van der Waals surface area contributed by atoms with Crippen LogP contribution in [0.25, 0.3) is 11.1 Å². The highest BCUT2D eigenvalue weighted by atomic mass is 32.1. The zero-order valence-corrected chi connectivity index (χ0v) is 9.57. The Kier molecular flexibility index (Phi) is 2.74. The highest BCUT2D eigenvalue weighted by Gasteiger charge is 2.18. The molecule has 0 aliphatic carbocycles. The Hall–Kier alpha value is -1.16. The summed E-state index contributed by atoms with van der Waals surface area (Å²) in [6, 6.07) is 10.5. The zero-order chi connectivity index (χ0) is 10.8. The smallest absolute Gasteiger partial charge is 0.184 e. The van der Waals surface area contributed by atoms with Gasteiger partial charge in [0.2, 0.25) is 0 Å². The van der Waals surface area contributed by atoms with Crippen LogP contribution >= 0.6 is 11.3 Å². The second-order valence-corrected chi connectivity index (χ2v) is 4.49. The monoisotopic (exact) mass is 232 g/mol. The summed E-state index contributed by atoms with van der Waals surface area (Å²) < 4.78 is 11.0. The summed E-state index contributed by atoms with van der Waals surface area (Å²) in [4.78, 5) is 0. The molecule has 3 rings (SSSR count). The van der Waals surface area contributed by atoms with E-state index in [1.54, 1.807) is 11.3 Å². The second-order valence-electron chi connectivity index (χ2n) is 3.71. The van der Waals surface area contributed by atoms with Gasteiger partial charge < -0.3 is 9.47 Å². The summed E-state index contributed by atoms with van der Waals surface area (Å²) in [6.07, 6.45) is -0.182. The molecule has 82 valence electrons. The van der Waals surface area contributed by atoms with Crippen LogP contribution in [0.15, 0.2) is 41.1 Å². The number of thiophene rings is 1. The lowest BCUT2D eigenvalue weighted by molar-refractivity contribution is -0.0440. The molecule has 1 saturated heterocycles. The highest BCUT2D eigenvalue weighted by molar-refractivity contribution is 7.08. The zero-order valence-electron chi connectivity index (χ0n) is 8.76. The van der Waals surface area contributed by atoms with Crippen LogP contribution in [-0.4, -0.2) is 13.2 Å². The van der Waals surface area contributed by atoms with E-state index in [4.69, 9.17) is 9.47 Å². The Bertz CT molecular complexity index is 459. The molecular weight excluding hydrogens is 220 g/mol. The maximum atomic E-state index is 5.49. The number of rotatable bonds is 2. The van der Waals surface area contributed by atoms with Crippen molar-refractivity contribution in [2.24, 2.45) is 0 Å². The normalized spacial score (nSPS) is 16.8. The molecule has 16 heavy (non-hydrogen) atoms. The van der Waals surface area contributed by atoms with Crippen LogP contribution < -0.4 is 0 Å². The predicted octanol–water partition coefficient (Wildman–Crippen LogP) is 3.46. The summed E-state index contributed by atoms with van der Waals surface area (Å²) in [7, 11) is 0. The molecule has 2 heterocycles. The quantitative estimate of drug-likeness (QED) is 0.789. The topological polar surface area (TPSA) is 18.5 Å². The van der Waals surface area contributed by atoms with Gasteiger partial charge >= 0.3 is 0 Å². The molecule has 1 aromatic heterocycles. The first-order valence-corrected chi connectivity index (χ1v) is 6.23. The Morgan fingerprint density at radius 1 is 1.06 bits per heavy atom. The number of hydrogen-bond acceptors (Lipinski definition) is 3. The van der Waals surface area contributed by atoms with Crippen LogP contribution in [0.1, 0.15) is 11.9 Å². The van der Waals surface area contributed by atoms with E-state index in [1.165, 1.54) is 11.1 Å². The third-order valence-electron chi connectivity index (χ3n) is 2.64. The average Bonchev–Trinajstić information content (AvgIpc) is 3.03. The molecule has 3 heteroatoms. The Morgan fingerprint density at radius 3 is 2.69 bits per heavy atom. The summed E-state index contributed by atoms with van der Waals surface area (Å²) in [5, 5.41) is 4.24. The maximum absolute atomic E-state index is 5.49. The summed E-state index contributed by atoms with van der Waals surface area (Å²) >= 11 is 1.71. The van der Waals surface area contributed by atoms with Gasteiger partial charge in [-0.2, -0.15) is 11.3 Å². The predicted molar refractivity (Wildman–Crippen MR) is 64.4 cm³/mol. The first-order valence-electron chi connectivity index (χ1n) is 5.29.